The van der Waals surface area contributed by atoms with Crippen LogP contribution in [0.15, 0.2) is 85.1 Å². The summed E-state index contributed by atoms with van der Waals surface area (Å²) in [6, 6.07) is 0. The molecular weight excluding hydrogens is 695 g/mol. The van der Waals surface area contributed by atoms with Gasteiger partial charge in [-0.05, 0) is 70.6 Å². The second-order valence-electron chi connectivity index (χ2n) is 12.6. The Morgan fingerprint density at radius 3 is 1.64 bits per heavy atom. The van der Waals surface area contributed by atoms with Crippen LogP contribution in [-0.4, -0.2) is 65.7 Å². The molecule has 3 unspecified atom stereocenters. The van der Waals surface area contributed by atoms with Crippen LogP contribution in [0, 0.1) is 0 Å². The molecule has 0 aliphatic rings. The highest BCUT2D eigenvalue weighted by Gasteiger charge is 2.27. The lowest BCUT2D eigenvalue weighted by atomic mass is 10.1. The Balaban J connectivity index is 4.52. The van der Waals surface area contributed by atoms with E-state index in [9.17, 15) is 24.2 Å². The van der Waals surface area contributed by atoms with Crippen molar-refractivity contribution in [2.75, 3.05) is 26.4 Å². The van der Waals surface area contributed by atoms with Gasteiger partial charge in [0.05, 0.1) is 19.8 Å². The number of ether oxygens (including phenoxy) is 2. The largest absolute Gasteiger partial charge is 0.472 e. The molecule has 0 radical (unpaired) electrons. The Kier molecular flexibility index (Phi) is 35.5. The minimum atomic E-state index is -4.64. The summed E-state index contributed by atoms with van der Waals surface area (Å²) < 4.78 is 32.5. The molecule has 0 amide bonds. The first-order valence-corrected chi connectivity index (χ1v) is 21.0. The molecular formula is C42H69O10P. The topological polar surface area (TPSA) is 149 Å². The number of rotatable bonds is 35. The minimum absolute atomic E-state index is 0.0527. The van der Waals surface area contributed by atoms with E-state index in [2.05, 4.69) is 91.3 Å². The van der Waals surface area contributed by atoms with Crippen LogP contribution in [0.25, 0.3) is 0 Å². The van der Waals surface area contributed by atoms with Gasteiger partial charge in [0.25, 0.3) is 0 Å². The monoisotopic (exact) mass is 764 g/mol. The maximum Gasteiger partial charge on any atom is 0.472 e. The average Bonchev–Trinajstić information content (AvgIpc) is 3.14. The lowest BCUT2D eigenvalue weighted by Gasteiger charge is -2.20. The Bertz CT molecular complexity index is 1150. The Morgan fingerprint density at radius 2 is 1.08 bits per heavy atom. The van der Waals surface area contributed by atoms with Crippen molar-refractivity contribution < 1.29 is 47.8 Å². The Morgan fingerprint density at radius 1 is 0.585 bits per heavy atom. The van der Waals surface area contributed by atoms with Crippen LogP contribution in [0.2, 0.25) is 0 Å². The van der Waals surface area contributed by atoms with Gasteiger partial charge in [-0.25, -0.2) is 4.57 Å². The van der Waals surface area contributed by atoms with Gasteiger partial charge in [-0.15, -0.1) is 0 Å². The summed E-state index contributed by atoms with van der Waals surface area (Å²) in [6.45, 7) is 2.09. The summed E-state index contributed by atoms with van der Waals surface area (Å²) in [5, 5.41) is 18.3. The van der Waals surface area contributed by atoms with Gasteiger partial charge in [-0.2, -0.15) is 0 Å². The number of unbranched alkanes of at least 4 members (excludes halogenated alkanes) is 7. The summed E-state index contributed by atoms with van der Waals surface area (Å²) >= 11 is 0. The summed E-state index contributed by atoms with van der Waals surface area (Å²) in [7, 11) is -4.64. The highest BCUT2D eigenvalue weighted by molar-refractivity contribution is 7.47. The number of hydrogen-bond donors (Lipinski definition) is 3. The summed E-state index contributed by atoms with van der Waals surface area (Å²) in [5.41, 5.74) is 0. The van der Waals surface area contributed by atoms with E-state index >= 15 is 0 Å². The molecule has 0 fully saturated rings. The molecule has 0 saturated carbocycles. The number of phosphoric acid groups is 1. The van der Waals surface area contributed by atoms with E-state index in [0.29, 0.717) is 12.8 Å². The summed E-state index contributed by atoms with van der Waals surface area (Å²) in [5.74, 6) is -1.05. The molecule has 3 N–H and O–H groups in total. The first-order chi connectivity index (χ1) is 25.7. The van der Waals surface area contributed by atoms with Gasteiger partial charge in [0.1, 0.15) is 12.7 Å². The van der Waals surface area contributed by atoms with E-state index in [1.807, 2.05) is 12.2 Å². The van der Waals surface area contributed by atoms with Crippen molar-refractivity contribution in [2.24, 2.45) is 0 Å². The van der Waals surface area contributed by atoms with Crippen LogP contribution in [-0.2, 0) is 32.7 Å². The van der Waals surface area contributed by atoms with E-state index in [0.717, 1.165) is 77.0 Å². The van der Waals surface area contributed by atoms with E-state index in [-0.39, 0.29) is 19.4 Å². The minimum Gasteiger partial charge on any atom is -0.462 e. The van der Waals surface area contributed by atoms with Gasteiger partial charge in [0.2, 0.25) is 0 Å². The number of phosphoric ester groups is 1. The van der Waals surface area contributed by atoms with Crippen molar-refractivity contribution in [3.63, 3.8) is 0 Å². The van der Waals surface area contributed by atoms with Crippen molar-refractivity contribution in [2.45, 2.75) is 142 Å². The standard InChI is InChI=1S/C42H69O10P/c1-3-5-7-9-11-13-15-16-17-18-19-20-21-22-24-26-28-30-32-34-42(46)52-40(38-51-53(47,48)50-36-39(44)35-43)37-49-41(45)33-31-29-27-25-23-14-12-10-8-6-4-2/h5,7,10-13,16-17,19-20,22,24,28,30,39-40,43-44H,3-4,6,8-9,14-15,18,21,23,25-27,29,31-38H2,1-2H3,(H,47,48)/b7-5-,12-10-,13-11-,17-16-,20-19-,24-22-,30-28-. The van der Waals surface area contributed by atoms with Crippen LogP contribution in [0.5, 0.6) is 0 Å². The predicted octanol–water partition coefficient (Wildman–Crippen LogP) is 9.88. The molecule has 0 aromatic carbocycles. The zero-order valence-corrected chi connectivity index (χ0v) is 33.3. The van der Waals surface area contributed by atoms with E-state index in [4.69, 9.17) is 19.1 Å². The van der Waals surface area contributed by atoms with Gasteiger partial charge >= 0.3 is 19.8 Å². The second kappa shape index (κ2) is 37.5. The molecule has 0 aliphatic carbocycles. The molecule has 10 nitrogen and oxygen atoms in total. The van der Waals surface area contributed by atoms with Crippen LogP contribution in [0.1, 0.15) is 129 Å². The average molecular weight is 765 g/mol. The number of allylic oxidation sites excluding steroid dienone is 14. The van der Waals surface area contributed by atoms with Crippen molar-refractivity contribution in [3.8, 4) is 0 Å². The van der Waals surface area contributed by atoms with Crippen molar-refractivity contribution in [1.29, 1.82) is 0 Å². The van der Waals surface area contributed by atoms with Gasteiger partial charge < -0.3 is 24.6 Å². The molecule has 11 heteroatoms. The number of aliphatic hydroxyl groups excluding tert-OH is 2. The predicted molar refractivity (Wildman–Crippen MR) is 214 cm³/mol. The molecule has 302 valence electrons. The molecule has 0 bridgehead atoms. The van der Waals surface area contributed by atoms with Crippen molar-refractivity contribution >= 4 is 19.8 Å². The van der Waals surface area contributed by atoms with Gasteiger partial charge in [-0.3, -0.25) is 18.6 Å². The number of aliphatic hydroxyl groups is 2. The molecule has 0 rings (SSSR count). The molecule has 53 heavy (non-hydrogen) atoms. The van der Waals surface area contributed by atoms with Crippen LogP contribution in [0.4, 0.5) is 0 Å². The fourth-order valence-electron chi connectivity index (χ4n) is 4.53. The maximum absolute atomic E-state index is 12.5. The second-order valence-corrected chi connectivity index (χ2v) is 14.0. The maximum atomic E-state index is 12.5. The van der Waals surface area contributed by atoms with Crippen molar-refractivity contribution in [3.05, 3.63) is 85.1 Å². The molecule has 3 atom stereocenters. The normalized spacial score (nSPS) is 14.9. The molecule has 0 aromatic rings. The SMILES string of the molecule is CC/C=C\C/C=C\C/C=C\C/C=C\C/C=C\C/C=C\CCC(=O)OC(COC(=O)CCCCCCC/C=C\CCCC)COP(=O)(O)OCC(O)CO. The lowest BCUT2D eigenvalue weighted by molar-refractivity contribution is -0.161. The fraction of sp³-hybridized carbons (Fsp3) is 0.619. The Hall–Kier alpha value is -2.85. The van der Waals surface area contributed by atoms with E-state index in [1.54, 1.807) is 0 Å². The smallest absolute Gasteiger partial charge is 0.462 e. The zero-order valence-electron chi connectivity index (χ0n) is 32.4. The third kappa shape index (κ3) is 37.3. The third-order valence-corrected chi connectivity index (χ3v) is 8.50. The van der Waals surface area contributed by atoms with Gasteiger partial charge in [0, 0.05) is 12.8 Å². The molecule has 0 aliphatic heterocycles. The molecule has 0 aromatic heterocycles. The van der Waals surface area contributed by atoms with E-state index < -0.39 is 51.8 Å². The number of hydrogen-bond acceptors (Lipinski definition) is 9. The van der Waals surface area contributed by atoms with Crippen molar-refractivity contribution in [1.82, 2.24) is 0 Å². The van der Waals surface area contributed by atoms with E-state index in [1.165, 1.54) is 12.8 Å². The van der Waals surface area contributed by atoms with Gasteiger partial charge in [0.15, 0.2) is 6.10 Å². The number of carbonyl (C=O) groups is 2. The highest BCUT2D eigenvalue weighted by atomic mass is 31.2. The fourth-order valence-corrected chi connectivity index (χ4v) is 5.32. The summed E-state index contributed by atoms with van der Waals surface area (Å²) in [4.78, 5) is 34.8. The van der Waals surface area contributed by atoms with Crippen LogP contribution >= 0.6 is 7.82 Å². The summed E-state index contributed by atoms with van der Waals surface area (Å²) in [6.07, 6.45) is 42.9. The zero-order chi connectivity index (χ0) is 39.1. The Labute approximate surface area is 320 Å². The van der Waals surface area contributed by atoms with Crippen LogP contribution < -0.4 is 0 Å². The van der Waals surface area contributed by atoms with Gasteiger partial charge in [-0.1, -0.05) is 131 Å². The van der Waals surface area contributed by atoms with Crippen LogP contribution in [0.3, 0.4) is 0 Å². The number of carbonyl (C=O) groups excluding carboxylic acids is 2. The molecule has 0 saturated heterocycles. The quantitative estimate of drug-likeness (QED) is 0.0246. The lowest BCUT2D eigenvalue weighted by Crippen LogP contribution is -2.29. The first-order valence-electron chi connectivity index (χ1n) is 19.5. The first kappa shape index (κ1) is 50.1. The third-order valence-electron chi connectivity index (χ3n) is 7.55. The highest BCUT2D eigenvalue weighted by Crippen LogP contribution is 2.43. The molecule has 0 heterocycles. The number of esters is 2. The molecule has 0 spiro atoms.